The summed E-state index contributed by atoms with van der Waals surface area (Å²) in [5, 5.41) is 0. The Bertz CT molecular complexity index is 449. The van der Waals surface area contributed by atoms with Crippen molar-refractivity contribution in [1.82, 2.24) is 0 Å². The number of carbonyl (C=O) groups excluding carboxylic acids is 1. The largest absolute Gasteiger partial charge is 0.493 e. The van der Waals surface area contributed by atoms with Gasteiger partial charge < -0.3 is 14.2 Å². The summed E-state index contributed by atoms with van der Waals surface area (Å²) in [7, 11) is 4.53. The van der Waals surface area contributed by atoms with Crippen LogP contribution in [0.4, 0.5) is 0 Å². The Kier molecular flexibility index (Phi) is 5.24. The monoisotopic (exact) mass is 250 g/mol. The van der Waals surface area contributed by atoms with E-state index in [1.165, 1.54) is 13.2 Å². The van der Waals surface area contributed by atoms with Crippen LogP contribution in [0.1, 0.15) is 18.9 Å². The molecule has 4 heteroatoms. The van der Waals surface area contributed by atoms with Gasteiger partial charge in [0.05, 0.1) is 21.3 Å². The molecule has 0 amide bonds. The van der Waals surface area contributed by atoms with Crippen molar-refractivity contribution < 1.29 is 19.0 Å². The van der Waals surface area contributed by atoms with E-state index in [0.717, 1.165) is 17.6 Å². The highest BCUT2D eigenvalue weighted by Gasteiger charge is 2.08. The van der Waals surface area contributed by atoms with Gasteiger partial charge in [-0.1, -0.05) is 13.0 Å². The summed E-state index contributed by atoms with van der Waals surface area (Å²) in [6.07, 6.45) is 2.21. The van der Waals surface area contributed by atoms with Crippen LogP contribution in [-0.2, 0) is 9.53 Å². The van der Waals surface area contributed by atoms with E-state index in [0.29, 0.717) is 11.5 Å². The number of methoxy groups -OCH3 is 3. The van der Waals surface area contributed by atoms with Gasteiger partial charge in [-0.25, -0.2) is 4.79 Å². The molecule has 0 radical (unpaired) electrons. The summed E-state index contributed by atoms with van der Waals surface area (Å²) >= 11 is 0. The summed E-state index contributed by atoms with van der Waals surface area (Å²) in [4.78, 5) is 11.3. The van der Waals surface area contributed by atoms with Crippen molar-refractivity contribution in [3.8, 4) is 11.5 Å². The molecule has 0 aliphatic carbocycles. The SMILES string of the molecule is CC/C(=C/C(=O)OC)c1ccc(OC)c(OC)c1. The number of ether oxygens (including phenoxy) is 3. The first-order valence-corrected chi connectivity index (χ1v) is 5.67. The van der Waals surface area contributed by atoms with Crippen molar-refractivity contribution in [1.29, 1.82) is 0 Å². The maximum atomic E-state index is 11.3. The first kappa shape index (κ1) is 14.1. The van der Waals surface area contributed by atoms with Crippen molar-refractivity contribution in [2.75, 3.05) is 21.3 Å². The van der Waals surface area contributed by atoms with Crippen LogP contribution < -0.4 is 9.47 Å². The van der Waals surface area contributed by atoms with Gasteiger partial charge in [-0.05, 0) is 29.7 Å². The number of benzene rings is 1. The fourth-order valence-electron chi connectivity index (χ4n) is 1.63. The average molecular weight is 250 g/mol. The van der Waals surface area contributed by atoms with Crippen LogP contribution >= 0.6 is 0 Å². The Morgan fingerprint density at radius 3 is 2.33 bits per heavy atom. The molecule has 0 heterocycles. The molecule has 0 fully saturated rings. The Labute approximate surface area is 107 Å². The third kappa shape index (κ3) is 3.26. The fourth-order valence-corrected chi connectivity index (χ4v) is 1.63. The molecule has 0 N–H and O–H groups in total. The third-order valence-electron chi connectivity index (χ3n) is 2.63. The van der Waals surface area contributed by atoms with Crippen LogP contribution in [0.2, 0.25) is 0 Å². The van der Waals surface area contributed by atoms with Crippen molar-refractivity contribution in [2.24, 2.45) is 0 Å². The second-order valence-corrected chi connectivity index (χ2v) is 3.62. The smallest absolute Gasteiger partial charge is 0.330 e. The minimum absolute atomic E-state index is 0.360. The van der Waals surface area contributed by atoms with Crippen LogP contribution in [0.25, 0.3) is 5.57 Å². The summed E-state index contributed by atoms with van der Waals surface area (Å²) in [5.41, 5.74) is 1.81. The average Bonchev–Trinajstić information content (AvgIpc) is 2.43. The molecule has 1 aromatic rings. The lowest BCUT2D eigenvalue weighted by atomic mass is 10.0. The number of hydrogen-bond acceptors (Lipinski definition) is 4. The second kappa shape index (κ2) is 6.69. The molecule has 1 aromatic carbocycles. The van der Waals surface area contributed by atoms with Crippen molar-refractivity contribution in [2.45, 2.75) is 13.3 Å². The van der Waals surface area contributed by atoms with Crippen molar-refractivity contribution in [3.05, 3.63) is 29.8 Å². The zero-order valence-corrected chi connectivity index (χ0v) is 11.1. The maximum Gasteiger partial charge on any atom is 0.330 e. The molecule has 18 heavy (non-hydrogen) atoms. The van der Waals surface area contributed by atoms with Crippen LogP contribution in [0.3, 0.4) is 0 Å². The topological polar surface area (TPSA) is 44.8 Å². The highest BCUT2D eigenvalue weighted by atomic mass is 16.5. The molecule has 98 valence electrons. The van der Waals surface area contributed by atoms with E-state index < -0.39 is 0 Å². The fraction of sp³-hybridized carbons (Fsp3) is 0.357. The lowest BCUT2D eigenvalue weighted by Crippen LogP contribution is -1.98. The van der Waals surface area contributed by atoms with E-state index in [-0.39, 0.29) is 5.97 Å². The quantitative estimate of drug-likeness (QED) is 0.595. The zero-order chi connectivity index (χ0) is 13.5. The van der Waals surface area contributed by atoms with Crippen LogP contribution in [0.5, 0.6) is 11.5 Å². The summed E-state index contributed by atoms with van der Waals surface area (Å²) in [5.74, 6) is 0.940. The van der Waals surface area contributed by atoms with Crippen molar-refractivity contribution in [3.63, 3.8) is 0 Å². The van der Waals surface area contributed by atoms with Gasteiger partial charge in [0, 0.05) is 6.08 Å². The molecule has 1 rings (SSSR count). The minimum atomic E-state index is -0.360. The van der Waals surface area contributed by atoms with E-state index in [2.05, 4.69) is 4.74 Å². The van der Waals surface area contributed by atoms with E-state index >= 15 is 0 Å². The molecule has 0 saturated heterocycles. The molecular formula is C14H18O4. The third-order valence-corrected chi connectivity index (χ3v) is 2.63. The molecule has 0 aromatic heterocycles. The molecule has 0 bridgehead atoms. The van der Waals surface area contributed by atoms with Gasteiger partial charge in [-0.2, -0.15) is 0 Å². The molecule has 0 aliphatic heterocycles. The van der Waals surface area contributed by atoms with Gasteiger partial charge in [0.25, 0.3) is 0 Å². The minimum Gasteiger partial charge on any atom is -0.493 e. The lowest BCUT2D eigenvalue weighted by Gasteiger charge is -2.11. The maximum absolute atomic E-state index is 11.3. The van der Waals surface area contributed by atoms with Crippen LogP contribution in [0.15, 0.2) is 24.3 Å². The standard InChI is InChI=1S/C14H18O4/c1-5-10(9-14(15)18-4)11-6-7-12(16-2)13(8-11)17-3/h6-9H,5H2,1-4H3/b10-9-. The normalized spacial score (nSPS) is 11.0. The molecule has 4 nitrogen and oxygen atoms in total. The Morgan fingerprint density at radius 1 is 1.17 bits per heavy atom. The number of hydrogen-bond donors (Lipinski definition) is 0. The predicted octanol–water partition coefficient (Wildman–Crippen LogP) is 2.67. The van der Waals surface area contributed by atoms with Crippen LogP contribution in [-0.4, -0.2) is 27.3 Å². The second-order valence-electron chi connectivity index (χ2n) is 3.62. The van der Waals surface area contributed by atoms with Gasteiger partial charge in [0.2, 0.25) is 0 Å². The van der Waals surface area contributed by atoms with E-state index in [9.17, 15) is 4.79 Å². The first-order valence-electron chi connectivity index (χ1n) is 5.67. The Hall–Kier alpha value is -1.97. The van der Waals surface area contributed by atoms with E-state index in [1.807, 2.05) is 25.1 Å². The Balaban J connectivity index is 3.15. The van der Waals surface area contributed by atoms with Gasteiger partial charge in [-0.3, -0.25) is 0 Å². The number of rotatable bonds is 5. The van der Waals surface area contributed by atoms with Crippen LogP contribution in [0, 0.1) is 0 Å². The molecular weight excluding hydrogens is 232 g/mol. The molecule has 0 atom stereocenters. The molecule has 0 spiro atoms. The Morgan fingerprint density at radius 2 is 1.83 bits per heavy atom. The zero-order valence-electron chi connectivity index (χ0n) is 11.1. The van der Waals surface area contributed by atoms with Gasteiger partial charge >= 0.3 is 5.97 Å². The molecule has 0 aliphatic rings. The number of carbonyl (C=O) groups is 1. The number of allylic oxidation sites excluding steroid dienone is 1. The summed E-state index contributed by atoms with van der Waals surface area (Å²) < 4.78 is 15.0. The number of esters is 1. The van der Waals surface area contributed by atoms with E-state index in [4.69, 9.17) is 9.47 Å². The van der Waals surface area contributed by atoms with E-state index in [1.54, 1.807) is 14.2 Å². The lowest BCUT2D eigenvalue weighted by molar-refractivity contribution is -0.134. The highest BCUT2D eigenvalue weighted by molar-refractivity contribution is 5.91. The first-order chi connectivity index (χ1) is 8.65. The summed E-state index contributed by atoms with van der Waals surface area (Å²) in [6.45, 7) is 1.98. The van der Waals surface area contributed by atoms with Crippen molar-refractivity contribution >= 4 is 11.5 Å². The van der Waals surface area contributed by atoms with Gasteiger partial charge in [0.1, 0.15) is 0 Å². The molecule has 0 unspecified atom stereocenters. The summed E-state index contributed by atoms with van der Waals surface area (Å²) in [6, 6.07) is 5.55. The van der Waals surface area contributed by atoms with Gasteiger partial charge in [0.15, 0.2) is 11.5 Å². The van der Waals surface area contributed by atoms with Gasteiger partial charge in [-0.15, -0.1) is 0 Å². The molecule has 0 saturated carbocycles. The predicted molar refractivity (Wildman–Crippen MR) is 69.8 cm³/mol. The highest BCUT2D eigenvalue weighted by Crippen LogP contribution is 2.31.